The summed E-state index contributed by atoms with van der Waals surface area (Å²) in [4.78, 5) is 0. The number of hydrogen-bond acceptors (Lipinski definition) is 3. The minimum absolute atomic E-state index is 0.0425. The van der Waals surface area contributed by atoms with Crippen LogP contribution in [0.3, 0.4) is 0 Å². The fraction of sp³-hybridized carbons (Fsp3) is 1.00. The molecule has 1 heterocycles. The van der Waals surface area contributed by atoms with Crippen molar-refractivity contribution in [2.24, 2.45) is 52.3 Å². The predicted octanol–water partition coefficient (Wildman–Crippen LogP) is 5.43. The van der Waals surface area contributed by atoms with Crippen molar-refractivity contribution >= 4 is 0 Å². The monoisotopic (exact) mass is 418 g/mol. The summed E-state index contributed by atoms with van der Waals surface area (Å²) < 4.78 is 6.76. The quantitative estimate of drug-likeness (QED) is 0.640. The molecule has 0 aromatic rings. The molecule has 0 aromatic carbocycles. The Bertz CT molecular complexity index is 636. The molecule has 12 atom stereocenters. The van der Waals surface area contributed by atoms with E-state index in [1.54, 1.807) is 0 Å². The number of fused-ring (bicyclic) bond motifs is 7. The Morgan fingerprint density at radius 3 is 2.53 bits per heavy atom. The third kappa shape index (κ3) is 3.16. The summed E-state index contributed by atoms with van der Waals surface area (Å²) in [5, 5.41) is 19.7. The van der Waals surface area contributed by atoms with Crippen LogP contribution in [-0.2, 0) is 4.74 Å². The Morgan fingerprint density at radius 2 is 1.77 bits per heavy atom. The highest BCUT2D eigenvalue weighted by Crippen LogP contribution is 2.70. The van der Waals surface area contributed by atoms with Gasteiger partial charge in [0.15, 0.2) is 0 Å². The second-order valence-corrected chi connectivity index (χ2v) is 12.8. The van der Waals surface area contributed by atoms with Crippen molar-refractivity contribution in [2.45, 2.75) is 110 Å². The second kappa shape index (κ2) is 7.73. The second-order valence-electron chi connectivity index (χ2n) is 12.8. The van der Waals surface area contributed by atoms with Gasteiger partial charge in [-0.05, 0) is 116 Å². The lowest BCUT2D eigenvalue weighted by Gasteiger charge is -2.61. The number of hydrogen-bond donors (Lipinski definition) is 2. The van der Waals surface area contributed by atoms with E-state index < -0.39 is 0 Å². The lowest BCUT2D eigenvalue weighted by Crippen LogP contribution is -2.54. The zero-order valence-electron chi connectivity index (χ0n) is 19.9. The smallest absolute Gasteiger partial charge is 0.0618 e. The van der Waals surface area contributed by atoms with Crippen LogP contribution in [0.1, 0.15) is 91.9 Å². The highest BCUT2D eigenvalue weighted by Gasteiger charge is 2.65. The van der Waals surface area contributed by atoms with Crippen molar-refractivity contribution < 1.29 is 14.9 Å². The molecule has 5 fully saturated rings. The molecule has 4 aliphatic carbocycles. The molecule has 0 amide bonds. The van der Waals surface area contributed by atoms with Crippen LogP contribution >= 0.6 is 0 Å². The molecule has 1 saturated heterocycles. The highest BCUT2D eigenvalue weighted by molar-refractivity contribution is 5.14. The van der Waals surface area contributed by atoms with Crippen LogP contribution in [0.15, 0.2) is 0 Å². The molecule has 172 valence electrons. The molecule has 30 heavy (non-hydrogen) atoms. The van der Waals surface area contributed by atoms with Crippen molar-refractivity contribution in [2.75, 3.05) is 6.61 Å². The molecule has 2 N–H and O–H groups in total. The van der Waals surface area contributed by atoms with Crippen LogP contribution in [0.5, 0.6) is 0 Å². The summed E-state index contributed by atoms with van der Waals surface area (Å²) in [6, 6.07) is 0. The number of ether oxygens (including phenoxy) is 1. The highest BCUT2D eigenvalue weighted by atomic mass is 16.5. The Labute approximate surface area is 184 Å². The molecule has 0 spiro atoms. The predicted molar refractivity (Wildman–Crippen MR) is 120 cm³/mol. The van der Waals surface area contributed by atoms with Crippen molar-refractivity contribution in [1.82, 2.24) is 0 Å². The Hall–Kier alpha value is -0.120. The first-order valence-corrected chi connectivity index (χ1v) is 13.2. The zero-order valence-corrected chi connectivity index (χ0v) is 19.9. The van der Waals surface area contributed by atoms with Crippen molar-refractivity contribution in [3.8, 4) is 0 Å². The Morgan fingerprint density at radius 1 is 1.00 bits per heavy atom. The van der Waals surface area contributed by atoms with E-state index in [-0.39, 0.29) is 6.10 Å². The summed E-state index contributed by atoms with van der Waals surface area (Å²) in [5.41, 5.74) is 0.927. The summed E-state index contributed by atoms with van der Waals surface area (Å²) >= 11 is 0. The molecule has 1 unspecified atom stereocenters. The van der Waals surface area contributed by atoms with Crippen LogP contribution in [0.4, 0.5) is 0 Å². The third-order valence-corrected chi connectivity index (χ3v) is 11.5. The molecule has 5 rings (SSSR count). The first-order chi connectivity index (χ1) is 14.3. The van der Waals surface area contributed by atoms with Gasteiger partial charge in [0, 0.05) is 6.61 Å². The largest absolute Gasteiger partial charge is 0.396 e. The van der Waals surface area contributed by atoms with Crippen LogP contribution in [0.2, 0.25) is 0 Å². The first-order valence-electron chi connectivity index (χ1n) is 13.2. The van der Waals surface area contributed by atoms with Crippen LogP contribution in [0, 0.1) is 52.3 Å². The third-order valence-electron chi connectivity index (χ3n) is 11.5. The van der Waals surface area contributed by atoms with Gasteiger partial charge in [-0.1, -0.05) is 27.7 Å². The van der Waals surface area contributed by atoms with Gasteiger partial charge < -0.3 is 14.9 Å². The molecule has 3 heteroatoms. The average Bonchev–Trinajstić information content (AvgIpc) is 3.20. The summed E-state index contributed by atoms with van der Waals surface area (Å²) in [6.07, 6.45) is 13.2. The fourth-order valence-corrected chi connectivity index (χ4v) is 9.79. The van der Waals surface area contributed by atoms with E-state index >= 15 is 0 Å². The summed E-state index contributed by atoms with van der Waals surface area (Å²) in [6.45, 7) is 10.2. The number of aliphatic hydroxyl groups excluding tert-OH is 2. The van der Waals surface area contributed by atoms with Gasteiger partial charge in [-0.3, -0.25) is 0 Å². The maximum atomic E-state index is 10.3. The average molecular weight is 419 g/mol. The Kier molecular flexibility index (Phi) is 5.60. The molecule has 0 bridgehead atoms. The summed E-state index contributed by atoms with van der Waals surface area (Å²) in [5.74, 6) is 5.13. The number of rotatable bonds is 4. The molecule has 0 radical (unpaired) electrons. The Balaban J connectivity index is 1.32. The lowest BCUT2D eigenvalue weighted by molar-refractivity contribution is -0.130. The van der Waals surface area contributed by atoms with Gasteiger partial charge in [0.05, 0.1) is 18.3 Å². The topological polar surface area (TPSA) is 49.7 Å². The van der Waals surface area contributed by atoms with Crippen LogP contribution in [0.25, 0.3) is 0 Å². The van der Waals surface area contributed by atoms with E-state index in [1.807, 2.05) is 0 Å². The number of aliphatic hydroxyl groups is 2. The van der Waals surface area contributed by atoms with E-state index in [9.17, 15) is 10.2 Å². The van der Waals surface area contributed by atoms with Gasteiger partial charge in [0.1, 0.15) is 0 Å². The standard InChI is InChI=1S/C27H46O3/c1-16(15-28)5-8-23-17(2)25-24(30-23)14-22-20-7-6-18-13-19(29)9-11-26(18,3)21(20)10-12-27(22,25)4/h16-25,28-29H,5-15H2,1-4H3/t16-,17-,18+,19+,20-,21+,22+,23?,24+,25+,26+,27+/m1/s1. The van der Waals surface area contributed by atoms with E-state index in [2.05, 4.69) is 27.7 Å². The van der Waals surface area contributed by atoms with Gasteiger partial charge >= 0.3 is 0 Å². The molecule has 1 aliphatic heterocycles. The van der Waals surface area contributed by atoms with Crippen molar-refractivity contribution in [1.29, 1.82) is 0 Å². The van der Waals surface area contributed by atoms with Crippen LogP contribution in [-0.4, -0.2) is 35.1 Å². The zero-order chi connectivity index (χ0) is 21.3. The van der Waals surface area contributed by atoms with E-state index in [0.29, 0.717) is 41.5 Å². The van der Waals surface area contributed by atoms with Gasteiger partial charge in [-0.25, -0.2) is 0 Å². The van der Waals surface area contributed by atoms with Gasteiger partial charge in [0.2, 0.25) is 0 Å². The molecule has 3 nitrogen and oxygen atoms in total. The fourth-order valence-electron chi connectivity index (χ4n) is 9.79. The maximum Gasteiger partial charge on any atom is 0.0618 e. The normalized spacial score (nSPS) is 56.0. The van der Waals surface area contributed by atoms with E-state index in [0.717, 1.165) is 55.3 Å². The molecule has 5 aliphatic rings. The van der Waals surface area contributed by atoms with Gasteiger partial charge in [-0.15, -0.1) is 0 Å². The van der Waals surface area contributed by atoms with Gasteiger partial charge in [0.25, 0.3) is 0 Å². The van der Waals surface area contributed by atoms with Crippen LogP contribution < -0.4 is 0 Å². The SMILES string of the molecule is C[C@@H](CO)CCC1O[C@H]2C[C@H]3[C@@H]4CC[C@H]5C[C@@H](O)CC[C@]5(C)[C@H]4CC[C@]3(C)[C@H]2[C@@H]1C. The lowest BCUT2D eigenvalue weighted by atomic mass is 9.44. The first kappa shape index (κ1) is 21.7. The molecular weight excluding hydrogens is 372 g/mol. The van der Waals surface area contributed by atoms with Gasteiger partial charge in [-0.2, -0.15) is 0 Å². The van der Waals surface area contributed by atoms with Crippen molar-refractivity contribution in [3.63, 3.8) is 0 Å². The molecule has 4 saturated carbocycles. The molecule has 0 aromatic heterocycles. The van der Waals surface area contributed by atoms with Crippen molar-refractivity contribution in [3.05, 3.63) is 0 Å². The summed E-state index contributed by atoms with van der Waals surface area (Å²) in [7, 11) is 0. The minimum Gasteiger partial charge on any atom is -0.396 e. The van der Waals surface area contributed by atoms with E-state index in [1.165, 1.54) is 38.5 Å². The van der Waals surface area contributed by atoms with E-state index in [4.69, 9.17) is 4.74 Å². The molecular formula is C27H46O3. The maximum absolute atomic E-state index is 10.3. The minimum atomic E-state index is -0.0425.